The lowest BCUT2D eigenvalue weighted by Gasteiger charge is -2.08. The van der Waals surface area contributed by atoms with E-state index >= 15 is 0 Å². The lowest BCUT2D eigenvalue weighted by atomic mass is 10.1. The first-order valence-corrected chi connectivity index (χ1v) is 6.65. The van der Waals surface area contributed by atoms with E-state index in [4.69, 9.17) is 17.3 Å². The van der Waals surface area contributed by atoms with E-state index in [1.807, 2.05) is 0 Å². The zero-order valence-corrected chi connectivity index (χ0v) is 11.6. The van der Waals surface area contributed by atoms with Crippen molar-refractivity contribution in [3.63, 3.8) is 0 Å². The SMILES string of the molecule is NC(=O)c1cncc(-c2ccc(SC(F)(F)Cl)cc2)c1. The molecule has 0 aliphatic rings. The second kappa shape index (κ2) is 5.76. The van der Waals surface area contributed by atoms with E-state index in [0.717, 1.165) is 5.56 Å². The Morgan fingerprint density at radius 3 is 2.40 bits per heavy atom. The van der Waals surface area contributed by atoms with Crippen molar-refractivity contribution >= 4 is 29.3 Å². The molecule has 2 rings (SSSR count). The molecular weight excluding hydrogens is 306 g/mol. The molecule has 2 N–H and O–H groups in total. The highest BCUT2D eigenvalue weighted by molar-refractivity contribution is 8.01. The highest BCUT2D eigenvalue weighted by Gasteiger charge is 2.26. The molecule has 0 saturated heterocycles. The molecule has 20 heavy (non-hydrogen) atoms. The van der Waals surface area contributed by atoms with E-state index in [9.17, 15) is 13.6 Å². The second-order valence-corrected chi connectivity index (χ2v) is 5.79. The smallest absolute Gasteiger partial charge is 0.366 e. The molecule has 1 aromatic carbocycles. The Morgan fingerprint density at radius 2 is 1.85 bits per heavy atom. The van der Waals surface area contributed by atoms with Gasteiger partial charge in [-0.1, -0.05) is 12.1 Å². The monoisotopic (exact) mass is 314 g/mol. The number of amides is 1. The Morgan fingerprint density at radius 1 is 1.20 bits per heavy atom. The Kier molecular flexibility index (Phi) is 4.25. The Bertz CT molecular complexity index is 629. The molecular formula is C13H9ClF2N2OS. The maximum absolute atomic E-state index is 12.6. The first-order valence-electron chi connectivity index (χ1n) is 5.46. The number of primary amides is 1. The Balaban J connectivity index is 2.26. The van der Waals surface area contributed by atoms with Crippen LogP contribution in [0.1, 0.15) is 10.4 Å². The number of rotatable bonds is 4. The van der Waals surface area contributed by atoms with Gasteiger partial charge < -0.3 is 5.73 Å². The number of alkyl halides is 3. The number of hydrogen-bond donors (Lipinski definition) is 1. The lowest BCUT2D eigenvalue weighted by molar-refractivity contribution is 0.1000. The molecule has 0 atom stereocenters. The summed E-state index contributed by atoms with van der Waals surface area (Å²) in [5, 5.41) is 0. The van der Waals surface area contributed by atoms with Crippen LogP contribution in [0, 0.1) is 0 Å². The number of carbonyl (C=O) groups excluding carboxylic acids is 1. The van der Waals surface area contributed by atoms with Gasteiger partial charge in [0.1, 0.15) is 0 Å². The number of aromatic nitrogens is 1. The fourth-order valence-corrected chi connectivity index (χ4v) is 2.39. The number of benzene rings is 1. The van der Waals surface area contributed by atoms with Crippen LogP contribution in [-0.4, -0.2) is 15.6 Å². The molecule has 3 nitrogen and oxygen atoms in total. The van der Waals surface area contributed by atoms with Gasteiger partial charge in [0.25, 0.3) is 0 Å². The summed E-state index contributed by atoms with van der Waals surface area (Å²) in [6.45, 7) is 0. The van der Waals surface area contributed by atoms with Crippen LogP contribution >= 0.6 is 23.4 Å². The minimum Gasteiger partial charge on any atom is -0.366 e. The molecule has 7 heteroatoms. The number of hydrogen-bond acceptors (Lipinski definition) is 3. The summed E-state index contributed by atoms with van der Waals surface area (Å²) >= 11 is 5.10. The number of halogens is 3. The van der Waals surface area contributed by atoms with Crippen LogP contribution < -0.4 is 5.73 Å². The van der Waals surface area contributed by atoms with Gasteiger partial charge in [0.15, 0.2) is 0 Å². The van der Waals surface area contributed by atoms with E-state index in [0.29, 0.717) is 10.5 Å². The normalized spacial score (nSPS) is 11.3. The predicted molar refractivity (Wildman–Crippen MR) is 74.8 cm³/mol. The lowest BCUT2D eigenvalue weighted by Crippen LogP contribution is -2.11. The molecule has 1 heterocycles. The van der Waals surface area contributed by atoms with Crippen LogP contribution in [0.15, 0.2) is 47.6 Å². The van der Waals surface area contributed by atoms with Crippen LogP contribution in [0.2, 0.25) is 0 Å². The zero-order valence-electron chi connectivity index (χ0n) is 10.0. The summed E-state index contributed by atoms with van der Waals surface area (Å²) in [4.78, 5) is 15.3. The minimum absolute atomic E-state index is 0.255. The minimum atomic E-state index is -3.34. The van der Waals surface area contributed by atoms with Gasteiger partial charge in [-0.15, -0.1) is 0 Å². The summed E-state index contributed by atoms with van der Waals surface area (Å²) < 4.78 is 21.9. The van der Waals surface area contributed by atoms with Crippen LogP contribution in [-0.2, 0) is 0 Å². The van der Waals surface area contributed by atoms with E-state index in [2.05, 4.69) is 4.98 Å². The summed E-state index contributed by atoms with van der Waals surface area (Å²) in [7, 11) is 0. The number of nitrogens with two attached hydrogens (primary N) is 1. The van der Waals surface area contributed by atoms with Gasteiger partial charge in [-0.25, -0.2) is 0 Å². The van der Waals surface area contributed by atoms with Gasteiger partial charge in [0.2, 0.25) is 5.91 Å². The molecule has 0 saturated carbocycles. The largest absolute Gasteiger partial charge is 0.375 e. The van der Waals surface area contributed by atoms with Crippen LogP contribution in [0.5, 0.6) is 0 Å². The number of thioether (sulfide) groups is 1. The van der Waals surface area contributed by atoms with Crippen molar-refractivity contribution in [2.45, 2.75) is 9.61 Å². The third-order valence-electron chi connectivity index (χ3n) is 2.44. The first-order chi connectivity index (χ1) is 9.35. The van der Waals surface area contributed by atoms with E-state index in [1.165, 1.54) is 18.3 Å². The van der Waals surface area contributed by atoms with Crippen LogP contribution in [0.3, 0.4) is 0 Å². The van der Waals surface area contributed by atoms with Crippen LogP contribution in [0.4, 0.5) is 8.78 Å². The molecule has 0 radical (unpaired) electrons. The van der Waals surface area contributed by atoms with Gasteiger partial charge in [-0.3, -0.25) is 9.78 Å². The maximum atomic E-state index is 12.6. The van der Waals surface area contributed by atoms with Gasteiger partial charge in [-0.2, -0.15) is 8.78 Å². The van der Waals surface area contributed by atoms with Gasteiger partial charge >= 0.3 is 4.71 Å². The predicted octanol–water partition coefficient (Wildman–Crippen LogP) is 3.73. The summed E-state index contributed by atoms with van der Waals surface area (Å²) in [5.74, 6) is -0.576. The van der Waals surface area contributed by atoms with Crippen molar-refractivity contribution in [3.05, 3.63) is 48.3 Å². The third kappa shape index (κ3) is 3.91. The average Bonchev–Trinajstić information content (AvgIpc) is 2.38. The summed E-state index contributed by atoms with van der Waals surface area (Å²) in [5.41, 5.74) is 6.87. The van der Waals surface area contributed by atoms with Crippen molar-refractivity contribution < 1.29 is 13.6 Å². The molecule has 0 aliphatic carbocycles. The molecule has 1 amide bonds. The van der Waals surface area contributed by atoms with Crippen molar-refractivity contribution in [3.8, 4) is 11.1 Å². The fraction of sp³-hybridized carbons (Fsp3) is 0.0769. The topological polar surface area (TPSA) is 56.0 Å². The van der Waals surface area contributed by atoms with Crippen LogP contribution in [0.25, 0.3) is 11.1 Å². The summed E-state index contributed by atoms with van der Waals surface area (Å²) in [6.07, 6.45) is 2.93. The highest BCUT2D eigenvalue weighted by atomic mass is 35.5. The van der Waals surface area contributed by atoms with Crippen molar-refractivity contribution in [2.75, 3.05) is 0 Å². The Labute approximate surface area is 123 Å². The molecule has 2 aromatic rings. The van der Waals surface area contributed by atoms with Gasteiger partial charge in [-0.05, 0) is 47.1 Å². The Hall–Kier alpha value is -1.66. The molecule has 0 fully saturated rings. The number of carbonyl (C=O) groups is 1. The molecule has 104 valence electrons. The molecule has 0 spiro atoms. The highest BCUT2D eigenvalue weighted by Crippen LogP contribution is 2.39. The van der Waals surface area contributed by atoms with E-state index in [-0.39, 0.29) is 17.3 Å². The van der Waals surface area contributed by atoms with Gasteiger partial charge in [0.05, 0.1) is 5.56 Å². The number of pyridine rings is 1. The first kappa shape index (κ1) is 14.7. The summed E-state index contributed by atoms with van der Waals surface area (Å²) in [6, 6.07) is 7.92. The van der Waals surface area contributed by atoms with Gasteiger partial charge in [0, 0.05) is 22.9 Å². The zero-order chi connectivity index (χ0) is 14.8. The van der Waals surface area contributed by atoms with E-state index in [1.54, 1.807) is 24.4 Å². The average molecular weight is 315 g/mol. The number of nitrogens with zero attached hydrogens (tertiary/aromatic N) is 1. The quantitative estimate of drug-likeness (QED) is 0.691. The fourth-order valence-electron chi connectivity index (χ4n) is 1.58. The third-order valence-corrected chi connectivity index (χ3v) is 3.41. The van der Waals surface area contributed by atoms with Crippen molar-refractivity contribution in [2.24, 2.45) is 5.73 Å². The molecule has 0 aliphatic heterocycles. The molecule has 0 unspecified atom stereocenters. The molecule has 1 aromatic heterocycles. The standard InChI is InChI=1S/C13H9ClF2N2OS/c14-13(15,16)20-11-3-1-8(2-4-11)9-5-10(12(17)19)7-18-6-9/h1-7H,(H2,17,19). The maximum Gasteiger partial charge on any atom is 0.375 e. The second-order valence-electron chi connectivity index (χ2n) is 3.90. The van der Waals surface area contributed by atoms with Crippen molar-refractivity contribution in [1.29, 1.82) is 0 Å². The molecule has 0 bridgehead atoms. The van der Waals surface area contributed by atoms with E-state index < -0.39 is 10.6 Å². The van der Waals surface area contributed by atoms with Crippen molar-refractivity contribution in [1.82, 2.24) is 4.98 Å².